The number of anilines is 1. The number of rotatable bonds is 2. The number of aryl methyl sites for hydroxylation is 1. The van der Waals surface area contributed by atoms with Crippen LogP contribution in [0.5, 0.6) is 11.6 Å². The first-order valence-corrected chi connectivity index (χ1v) is 5.21. The van der Waals surface area contributed by atoms with Crippen LogP contribution in [0.15, 0.2) is 18.2 Å². The van der Waals surface area contributed by atoms with Gasteiger partial charge in [0.15, 0.2) is 11.6 Å². The average Bonchev–Trinajstić information content (AvgIpc) is 2.30. The molecule has 1 aromatic heterocycles. The van der Waals surface area contributed by atoms with Gasteiger partial charge in [0.25, 0.3) is 0 Å². The summed E-state index contributed by atoms with van der Waals surface area (Å²) in [6.07, 6.45) is 0. The molecule has 2 aromatic rings. The maximum atomic E-state index is 13.0. The molecular weight excluding hydrogens is 240 g/mol. The molecule has 0 atom stereocenters. The predicted molar refractivity (Wildman–Crippen MR) is 62.4 cm³/mol. The fourth-order valence-corrected chi connectivity index (χ4v) is 1.37. The Balaban J connectivity index is 2.36. The minimum absolute atomic E-state index is 0.148. The summed E-state index contributed by atoms with van der Waals surface area (Å²) < 4.78 is 31.2. The van der Waals surface area contributed by atoms with Gasteiger partial charge in [0.2, 0.25) is 5.88 Å². The molecule has 0 amide bonds. The molecule has 0 aliphatic heterocycles. The van der Waals surface area contributed by atoms with Crippen molar-refractivity contribution in [3.63, 3.8) is 0 Å². The Morgan fingerprint density at radius 1 is 1.11 bits per heavy atom. The summed E-state index contributed by atoms with van der Waals surface area (Å²) in [4.78, 5) is 8.01. The minimum Gasteiger partial charge on any atom is -0.438 e. The third kappa shape index (κ3) is 2.37. The van der Waals surface area contributed by atoms with Crippen LogP contribution in [-0.2, 0) is 0 Å². The van der Waals surface area contributed by atoms with Crippen LogP contribution in [0, 0.1) is 25.5 Å². The molecule has 1 heterocycles. The molecule has 2 rings (SSSR count). The van der Waals surface area contributed by atoms with E-state index in [1.807, 2.05) is 0 Å². The fraction of sp³-hybridized carbons (Fsp3) is 0.167. The van der Waals surface area contributed by atoms with Gasteiger partial charge in [0.1, 0.15) is 17.4 Å². The van der Waals surface area contributed by atoms with Crippen LogP contribution in [0.4, 0.5) is 14.6 Å². The van der Waals surface area contributed by atoms with Gasteiger partial charge in [-0.1, -0.05) is 0 Å². The van der Waals surface area contributed by atoms with E-state index in [1.165, 1.54) is 6.07 Å². The van der Waals surface area contributed by atoms with Gasteiger partial charge in [-0.25, -0.2) is 13.8 Å². The highest BCUT2D eigenvalue weighted by molar-refractivity contribution is 5.45. The molecule has 0 aliphatic carbocycles. The van der Waals surface area contributed by atoms with Crippen molar-refractivity contribution in [1.82, 2.24) is 9.97 Å². The van der Waals surface area contributed by atoms with E-state index in [4.69, 9.17) is 10.5 Å². The van der Waals surface area contributed by atoms with Crippen molar-refractivity contribution >= 4 is 5.82 Å². The summed E-state index contributed by atoms with van der Waals surface area (Å²) in [5, 5.41) is 0. The first-order chi connectivity index (χ1) is 8.47. The van der Waals surface area contributed by atoms with E-state index in [-0.39, 0.29) is 11.6 Å². The van der Waals surface area contributed by atoms with Crippen LogP contribution in [-0.4, -0.2) is 9.97 Å². The highest BCUT2D eigenvalue weighted by Crippen LogP contribution is 2.26. The van der Waals surface area contributed by atoms with Crippen molar-refractivity contribution in [2.45, 2.75) is 13.8 Å². The SMILES string of the molecule is Cc1nc(N)c(C)c(Oc2ccc(F)c(F)c2)n1. The van der Waals surface area contributed by atoms with Crippen molar-refractivity contribution in [2.24, 2.45) is 0 Å². The lowest BCUT2D eigenvalue weighted by atomic mass is 10.3. The molecule has 94 valence electrons. The molecule has 18 heavy (non-hydrogen) atoms. The van der Waals surface area contributed by atoms with Gasteiger partial charge in [-0.2, -0.15) is 4.98 Å². The van der Waals surface area contributed by atoms with Crippen molar-refractivity contribution in [3.05, 3.63) is 41.2 Å². The van der Waals surface area contributed by atoms with Gasteiger partial charge in [-0.05, 0) is 26.0 Å². The Morgan fingerprint density at radius 3 is 2.50 bits per heavy atom. The first kappa shape index (κ1) is 12.2. The number of hydrogen-bond acceptors (Lipinski definition) is 4. The van der Waals surface area contributed by atoms with Gasteiger partial charge in [-0.15, -0.1) is 0 Å². The van der Waals surface area contributed by atoms with Crippen molar-refractivity contribution < 1.29 is 13.5 Å². The molecule has 0 aliphatic rings. The first-order valence-electron chi connectivity index (χ1n) is 5.21. The van der Waals surface area contributed by atoms with Crippen LogP contribution in [0.1, 0.15) is 11.4 Å². The Hall–Kier alpha value is -2.24. The molecule has 2 N–H and O–H groups in total. The van der Waals surface area contributed by atoms with Crippen molar-refractivity contribution in [1.29, 1.82) is 0 Å². The normalized spacial score (nSPS) is 10.4. The Kier molecular flexibility index (Phi) is 3.10. The summed E-state index contributed by atoms with van der Waals surface area (Å²) in [5.74, 6) is -0.808. The average molecular weight is 251 g/mol. The molecule has 6 heteroatoms. The van der Waals surface area contributed by atoms with E-state index in [2.05, 4.69) is 9.97 Å². The highest BCUT2D eigenvalue weighted by Gasteiger charge is 2.10. The summed E-state index contributed by atoms with van der Waals surface area (Å²) in [6, 6.07) is 3.24. The second kappa shape index (κ2) is 4.56. The van der Waals surface area contributed by atoms with Crippen LogP contribution >= 0.6 is 0 Å². The van der Waals surface area contributed by atoms with Gasteiger partial charge in [0, 0.05) is 6.07 Å². The minimum atomic E-state index is -0.982. The van der Waals surface area contributed by atoms with E-state index in [0.29, 0.717) is 17.2 Å². The Morgan fingerprint density at radius 2 is 1.83 bits per heavy atom. The standard InChI is InChI=1S/C12H11F2N3O/c1-6-11(15)16-7(2)17-12(6)18-8-3-4-9(13)10(14)5-8/h3-5H,1-2H3,(H2,15,16,17). The third-order valence-corrected chi connectivity index (χ3v) is 2.36. The molecular formula is C12H11F2N3O. The summed E-state index contributed by atoms with van der Waals surface area (Å²) in [6.45, 7) is 3.35. The zero-order valence-corrected chi connectivity index (χ0v) is 9.87. The summed E-state index contributed by atoms with van der Waals surface area (Å²) in [7, 11) is 0. The second-order valence-corrected chi connectivity index (χ2v) is 3.76. The van der Waals surface area contributed by atoms with E-state index < -0.39 is 11.6 Å². The zero-order valence-electron chi connectivity index (χ0n) is 9.87. The number of halogens is 2. The monoisotopic (exact) mass is 251 g/mol. The smallest absolute Gasteiger partial charge is 0.227 e. The van der Waals surface area contributed by atoms with E-state index >= 15 is 0 Å². The number of hydrogen-bond donors (Lipinski definition) is 1. The topological polar surface area (TPSA) is 61.0 Å². The molecule has 4 nitrogen and oxygen atoms in total. The van der Waals surface area contributed by atoms with Crippen molar-refractivity contribution in [2.75, 3.05) is 5.73 Å². The van der Waals surface area contributed by atoms with Crippen LogP contribution in [0.2, 0.25) is 0 Å². The second-order valence-electron chi connectivity index (χ2n) is 3.76. The lowest BCUT2D eigenvalue weighted by molar-refractivity contribution is 0.442. The predicted octanol–water partition coefficient (Wildman–Crippen LogP) is 2.75. The number of nitrogens with zero attached hydrogens (tertiary/aromatic N) is 2. The van der Waals surface area contributed by atoms with Gasteiger partial charge in [0.05, 0.1) is 5.56 Å². The summed E-state index contributed by atoms with van der Waals surface area (Å²) in [5.41, 5.74) is 6.21. The van der Waals surface area contributed by atoms with Crippen LogP contribution < -0.4 is 10.5 Å². The number of nitrogen functional groups attached to an aromatic ring is 1. The molecule has 0 bridgehead atoms. The van der Waals surface area contributed by atoms with Crippen LogP contribution in [0.25, 0.3) is 0 Å². The summed E-state index contributed by atoms with van der Waals surface area (Å²) >= 11 is 0. The quantitative estimate of drug-likeness (QED) is 0.891. The molecule has 0 unspecified atom stereocenters. The lowest BCUT2D eigenvalue weighted by Crippen LogP contribution is -2.02. The molecule has 0 radical (unpaired) electrons. The van der Waals surface area contributed by atoms with Gasteiger partial charge >= 0.3 is 0 Å². The lowest BCUT2D eigenvalue weighted by Gasteiger charge is -2.09. The van der Waals surface area contributed by atoms with E-state index in [9.17, 15) is 8.78 Å². The number of aromatic nitrogens is 2. The fourth-order valence-electron chi connectivity index (χ4n) is 1.37. The number of ether oxygens (including phenoxy) is 1. The van der Waals surface area contributed by atoms with Gasteiger partial charge < -0.3 is 10.5 Å². The maximum absolute atomic E-state index is 13.0. The Labute approximate surface area is 102 Å². The van der Waals surface area contributed by atoms with Crippen LogP contribution in [0.3, 0.4) is 0 Å². The largest absolute Gasteiger partial charge is 0.438 e. The molecule has 1 aromatic carbocycles. The third-order valence-electron chi connectivity index (χ3n) is 2.36. The molecule has 0 saturated heterocycles. The number of benzene rings is 1. The number of nitrogens with two attached hydrogens (primary N) is 1. The highest BCUT2D eigenvalue weighted by atomic mass is 19.2. The van der Waals surface area contributed by atoms with Crippen molar-refractivity contribution in [3.8, 4) is 11.6 Å². The van der Waals surface area contributed by atoms with E-state index in [1.54, 1.807) is 13.8 Å². The zero-order chi connectivity index (χ0) is 13.3. The molecule has 0 fully saturated rings. The maximum Gasteiger partial charge on any atom is 0.227 e. The van der Waals surface area contributed by atoms with Gasteiger partial charge in [-0.3, -0.25) is 0 Å². The molecule has 0 saturated carbocycles. The Bertz CT molecular complexity index is 602. The van der Waals surface area contributed by atoms with E-state index in [0.717, 1.165) is 12.1 Å². The molecule has 0 spiro atoms.